The van der Waals surface area contributed by atoms with Crippen LogP contribution in [-0.2, 0) is 13.0 Å². The molecule has 1 aromatic heterocycles. The van der Waals surface area contributed by atoms with Crippen molar-refractivity contribution in [3.05, 3.63) is 65.5 Å². The fourth-order valence-corrected chi connectivity index (χ4v) is 3.54. The number of nitrogens with zero attached hydrogens (tertiary/aromatic N) is 2. The van der Waals surface area contributed by atoms with E-state index in [2.05, 4.69) is 66.9 Å². The first kappa shape index (κ1) is 17.7. The van der Waals surface area contributed by atoms with Gasteiger partial charge in [0.25, 0.3) is 0 Å². The second-order valence-electron chi connectivity index (χ2n) is 7.04. The van der Waals surface area contributed by atoms with Crippen LogP contribution >= 0.6 is 0 Å². The smallest absolute Gasteiger partial charge is 0.114 e. The molecule has 2 heteroatoms. The molecule has 0 aliphatic carbocycles. The Morgan fingerprint density at radius 2 is 1.56 bits per heavy atom. The lowest BCUT2D eigenvalue weighted by Crippen LogP contribution is -2.06. The zero-order valence-corrected chi connectivity index (χ0v) is 15.7. The lowest BCUT2D eigenvalue weighted by molar-refractivity contribution is 0.555. The summed E-state index contributed by atoms with van der Waals surface area (Å²) >= 11 is 0. The SMILES string of the molecule is CCCCCCCCn1c(Cc2ccccc2C)nc2ccccc21. The summed E-state index contributed by atoms with van der Waals surface area (Å²) in [5, 5.41) is 0. The largest absolute Gasteiger partial charge is 0.328 e. The van der Waals surface area contributed by atoms with Crippen LogP contribution < -0.4 is 0 Å². The van der Waals surface area contributed by atoms with Crippen LogP contribution in [0, 0.1) is 6.92 Å². The Morgan fingerprint density at radius 1 is 0.840 bits per heavy atom. The predicted octanol–water partition coefficient (Wildman–Crippen LogP) is 6.30. The molecule has 0 saturated heterocycles. The fraction of sp³-hybridized carbons (Fsp3) is 0.435. The molecule has 0 atom stereocenters. The number of benzene rings is 2. The molecule has 0 unspecified atom stereocenters. The van der Waals surface area contributed by atoms with Crippen LogP contribution in [0.25, 0.3) is 11.0 Å². The number of aryl methyl sites for hydroxylation is 2. The molecule has 0 radical (unpaired) electrons. The molecule has 132 valence electrons. The van der Waals surface area contributed by atoms with Gasteiger partial charge in [-0.25, -0.2) is 4.98 Å². The van der Waals surface area contributed by atoms with Gasteiger partial charge in [0.15, 0.2) is 0 Å². The molecule has 0 aliphatic heterocycles. The fourth-order valence-electron chi connectivity index (χ4n) is 3.54. The van der Waals surface area contributed by atoms with Crippen LogP contribution in [0.15, 0.2) is 48.5 Å². The third kappa shape index (κ3) is 4.50. The highest BCUT2D eigenvalue weighted by molar-refractivity contribution is 5.76. The molecule has 25 heavy (non-hydrogen) atoms. The van der Waals surface area contributed by atoms with E-state index in [1.54, 1.807) is 0 Å². The van der Waals surface area contributed by atoms with Gasteiger partial charge < -0.3 is 4.57 Å². The van der Waals surface area contributed by atoms with E-state index in [9.17, 15) is 0 Å². The van der Waals surface area contributed by atoms with Gasteiger partial charge in [0.2, 0.25) is 0 Å². The number of hydrogen-bond acceptors (Lipinski definition) is 1. The van der Waals surface area contributed by atoms with Crippen molar-refractivity contribution in [3.63, 3.8) is 0 Å². The normalized spacial score (nSPS) is 11.3. The molecule has 3 aromatic rings. The quantitative estimate of drug-likeness (QED) is 0.420. The first-order chi connectivity index (χ1) is 12.3. The maximum atomic E-state index is 4.94. The second kappa shape index (κ2) is 8.84. The van der Waals surface area contributed by atoms with Crippen molar-refractivity contribution in [2.75, 3.05) is 0 Å². The van der Waals surface area contributed by atoms with E-state index in [1.165, 1.54) is 61.0 Å². The first-order valence-corrected chi connectivity index (χ1v) is 9.78. The Bertz CT molecular complexity index is 801. The number of unbranched alkanes of at least 4 members (excludes halogenated alkanes) is 5. The molecule has 2 nitrogen and oxygen atoms in total. The van der Waals surface area contributed by atoms with Crippen molar-refractivity contribution in [1.82, 2.24) is 9.55 Å². The topological polar surface area (TPSA) is 17.8 Å². The van der Waals surface area contributed by atoms with Gasteiger partial charge >= 0.3 is 0 Å². The number of aromatic nitrogens is 2. The minimum absolute atomic E-state index is 0.914. The van der Waals surface area contributed by atoms with Crippen molar-refractivity contribution < 1.29 is 0 Å². The Balaban J connectivity index is 1.76. The van der Waals surface area contributed by atoms with Gasteiger partial charge in [0.1, 0.15) is 5.82 Å². The molecular weight excluding hydrogens is 304 g/mol. The standard InChI is InChI=1S/C23H30N2/c1-3-4-5-6-7-12-17-25-22-16-11-10-15-21(22)24-23(25)18-20-14-9-8-13-19(20)2/h8-11,13-16H,3-7,12,17-18H2,1-2H3. The van der Waals surface area contributed by atoms with E-state index < -0.39 is 0 Å². The maximum absolute atomic E-state index is 4.94. The van der Waals surface area contributed by atoms with Crippen molar-refractivity contribution in [1.29, 1.82) is 0 Å². The number of hydrogen-bond donors (Lipinski definition) is 0. The third-order valence-corrected chi connectivity index (χ3v) is 5.08. The van der Waals surface area contributed by atoms with Crippen LogP contribution in [0.5, 0.6) is 0 Å². The molecule has 0 spiro atoms. The summed E-state index contributed by atoms with van der Waals surface area (Å²) in [7, 11) is 0. The number of imidazole rings is 1. The van der Waals surface area contributed by atoms with Crippen LogP contribution in [0.3, 0.4) is 0 Å². The van der Waals surface area contributed by atoms with Crippen molar-refractivity contribution in [2.24, 2.45) is 0 Å². The highest BCUT2D eigenvalue weighted by atomic mass is 15.1. The molecule has 0 aliphatic rings. The van der Waals surface area contributed by atoms with Crippen LogP contribution in [0.2, 0.25) is 0 Å². The summed E-state index contributed by atoms with van der Waals surface area (Å²) in [6.45, 7) is 5.54. The molecule has 1 heterocycles. The molecule has 0 N–H and O–H groups in total. The van der Waals surface area contributed by atoms with E-state index in [1.807, 2.05) is 0 Å². The van der Waals surface area contributed by atoms with E-state index in [-0.39, 0.29) is 0 Å². The zero-order chi connectivity index (χ0) is 17.5. The van der Waals surface area contributed by atoms with Crippen molar-refractivity contribution in [3.8, 4) is 0 Å². The van der Waals surface area contributed by atoms with Gasteiger partial charge in [-0.3, -0.25) is 0 Å². The molecule has 0 bridgehead atoms. The lowest BCUT2D eigenvalue weighted by atomic mass is 10.1. The van der Waals surface area contributed by atoms with Gasteiger partial charge in [-0.2, -0.15) is 0 Å². The minimum atomic E-state index is 0.914. The molecule has 2 aromatic carbocycles. The number of rotatable bonds is 9. The predicted molar refractivity (Wildman–Crippen MR) is 107 cm³/mol. The second-order valence-corrected chi connectivity index (χ2v) is 7.04. The van der Waals surface area contributed by atoms with Gasteiger partial charge in [-0.15, -0.1) is 0 Å². The Kier molecular flexibility index (Phi) is 6.27. The molecular formula is C23H30N2. The Hall–Kier alpha value is -2.09. The van der Waals surface area contributed by atoms with Crippen LogP contribution in [-0.4, -0.2) is 9.55 Å². The van der Waals surface area contributed by atoms with E-state index in [4.69, 9.17) is 4.98 Å². The monoisotopic (exact) mass is 334 g/mol. The molecule has 0 fully saturated rings. The van der Waals surface area contributed by atoms with E-state index in [0.29, 0.717) is 0 Å². The molecule has 3 rings (SSSR count). The molecule has 0 amide bonds. The first-order valence-electron chi connectivity index (χ1n) is 9.78. The lowest BCUT2D eigenvalue weighted by Gasteiger charge is -2.11. The van der Waals surface area contributed by atoms with E-state index >= 15 is 0 Å². The maximum Gasteiger partial charge on any atom is 0.114 e. The van der Waals surface area contributed by atoms with Gasteiger partial charge in [0.05, 0.1) is 11.0 Å². The van der Waals surface area contributed by atoms with Crippen LogP contribution in [0.4, 0.5) is 0 Å². The van der Waals surface area contributed by atoms with Crippen molar-refractivity contribution >= 4 is 11.0 Å². The highest BCUT2D eigenvalue weighted by Gasteiger charge is 2.11. The van der Waals surface area contributed by atoms with Gasteiger partial charge in [0, 0.05) is 13.0 Å². The summed E-state index contributed by atoms with van der Waals surface area (Å²) in [6.07, 6.45) is 8.88. The summed E-state index contributed by atoms with van der Waals surface area (Å²) in [5.41, 5.74) is 5.12. The average Bonchev–Trinajstić information content (AvgIpc) is 2.97. The average molecular weight is 335 g/mol. The van der Waals surface area contributed by atoms with E-state index in [0.717, 1.165) is 18.5 Å². The highest BCUT2D eigenvalue weighted by Crippen LogP contribution is 2.21. The Morgan fingerprint density at radius 3 is 2.40 bits per heavy atom. The van der Waals surface area contributed by atoms with Gasteiger partial charge in [-0.05, 0) is 36.6 Å². The summed E-state index contributed by atoms with van der Waals surface area (Å²) in [4.78, 5) is 4.94. The third-order valence-electron chi connectivity index (χ3n) is 5.08. The summed E-state index contributed by atoms with van der Waals surface area (Å²) < 4.78 is 2.45. The summed E-state index contributed by atoms with van der Waals surface area (Å²) in [5.74, 6) is 1.20. The zero-order valence-electron chi connectivity index (χ0n) is 15.7. The minimum Gasteiger partial charge on any atom is -0.328 e. The summed E-state index contributed by atoms with van der Waals surface area (Å²) in [6, 6.07) is 17.2. The number of fused-ring (bicyclic) bond motifs is 1. The Labute approximate surface area is 151 Å². The number of para-hydroxylation sites is 2. The van der Waals surface area contributed by atoms with Crippen molar-refractivity contribution in [2.45, 2.75) is 65.3 Å². The molecule has 0 saturated carbocycles. The van der Waals surface area contributed by atoms with Gasteiger partial charge in [-0.1, -0.05) is 75.4 Å². The van der Waals surface area contributed by atoms with Crippen LogP contribution in [0.1, 0.15) is 62.4 Å².